The molecule has 0 N–H and O–H groups in total. The second kappa shape index (κ2) is 5.02. The van der Waals surface area contributed by atoms with Gasteiger partial charge in [0.25, 0.3) is 5.91 Å². The van der Waals surface area contributed by atoms with E-state index in [0.29, 0.717) is 10.7 Å². The number of carbonyl (C=O) groups is 1. The molecule has 0 unspecified atom stereocenters. The summed E-state index contributed by atoms with van der Waals surface area (Å²) in [7, 11) is 1.74. The topological polar surface area (TPSA) is 46.1 Å². The molecule has 0 saturated carbocycles. The van der Waals surface area contributed by atoms with Gasteiger partial charge in [-0.2, -0.15) is 0 Å². The molecule has 1 aromatic carbocycles. The third-order valence-corrected chi connectivity index (χ3v) is 4.15. The molecule has 4 nitrogen and oxygen atoms in total. The van der Waals surface area contributed by atoms with Crippen molar-refractivity contribution in [2.45, 2.75) is 6.92 Å². The van der Waals surface area contributed by atoms with E-state index in [1.807, 2.05) is 37.3 Å². The fraction of sp³-hybridized carbons (Fsp3) is 0.133. The van der Waals surface area contributed by atoms with Gasteiger partial charge in [-0.3, -0.25) is 14.7 Å². The summed E-state index contributed by atoms with van der Waals surface area (Å²) in [6.07, 6.45) is 1.60. The van der Waals surface area contributed by atoms with E-state index >= 15 is 0 Å². The highest BCUT2D eigenvalue weighted by atomic mass is 32.1. The number of carbonyl (C=O) groups excluding carboxylic acids is 1. The van der Waals surface area contributed by atoms with Crippen molar-refractivity contribution in [1.82, 2.24) is 9.97 Å². The average molecular weight is 283 g/mol. The lowest BCUT2D eigenvalue weighted by Crippen LogP contribution is -2.26. The van der Waals surface area contributed by atoms with E-state index in [1.165, 1.54) is 11.3 Å². The van der Waals surface area contributed by atoms with Gasteiger partial charge in [0.2, 0.25) is 0 Å². The van der Waals surface area contributed by atoms with E-state index in [0.717, 1.165) is 15.9 Å². The number of rotatable bonds is 2. The van der Waals surface area contributed by atoms with Crippen molar-refractivity contribution in [3.05, 3.63) is 53.9 Å². The van der Waals surface area contributed by atoms with Crippen molar-refractivity contribution < 1.29 is 4.79 Å². The molecule has 1 amide bonds. The minimum Gasteiger partial charge on any atom is -0.287 e. The van der Waals surface area contributed by atoms with Crippen molar-refractivity contribution in [2.24, 2.45) is 0 Å². The summed E-state index contributed by atoms with van der Waals surface area (Å²) in [5.74, 6) is -0.100. The first kappa shape index (κ1) is 12.7. The fourth-order valence-corrected chi connectivity index (χ4v) is 2.80. The summed E-state index contributed by atoms with van der Waals surface area (Å²) >= 11 is 1.51. The summed E-state index contributed by atoms with van der Waals surface area (Å²) in [5, 5.41) is 0.691. The normalized spacial score (nSPS) is 10.7. The van der Waals surface area contributed by atoms with E-state index in [2.05, 4.69) is 9.97 Å². The van der Waals surface area contributed by atoms with Crippen LogP contribution in [0.25, 0.3) is 10.2 Å². The Labute approximate surface area is 120 Å². The molecule has 0 aliphatic heterocycles. The predicted molar refractivity (Wildman–Crippen MR) is 81.3 cm³/mol. The maximum Gasteiger partial charge on any atom is 0.261 e. The second-order valence-electron chi connectivity index (χ2n) is 4.52. The zero-order valence-corrected chi connectivity index (χ0v) is 12.0. The van der Waals surface area contributed by atoms with Crippen molar-refractivity contribution in [3.63, 3.8) is 0 Å². The largest absolute Gasteiger partial charge is 0.287 e. The van der Waals surface area contributed by atoms with Crippen LogP contribution in [0.3, 0.4) is 0 Å². The van der Waals surface area contributed by atoms with Crippen molar-refractivity contribution >= 4 is 32.6 Å². The molecule has 0 fully saturated rings. The van der Waals surface area contributed by atoms with Crippen LogP contribution in [0, 0.1) is 6.92 Å². The number of aromatic nitrogens is 2. The number of nitrogens with zero attached hydrogens (tertiary/aromatic N) is 3. The van der Waals surface area contributed by atoms with Gasteiger partial charge in [-0.25, -0.2) is 4.98 Å². The highest BCUT2D eigenvalue weighted by molar-refractivity contribution is 7.22. The van der Waals surface area contributed by atoms with Crippen LogP contribution in [0.1, 0.15) is 16.1 Å². The summed E-state index contributed by atoms with van der Waals surface area (Å²) in [4.78, 5) is 22.6. The highest BCUT2D eigenvalue weighted by Crippen LogP contribution is 2.28. The number of thiazole rings is 1. The minimum absolute atomic E-state index is 0.100. The zero-order chi connectivity index (χ0) is 14.1. The molecule has 0 spiro atoms. The van der Waals surface area contributed by atoms with Gasteiger partial charge in [0.05, 0.1) is 15.8 Å². The number of fused-ring (bicyclic) bond motifs is 1. The number of anilines is 1. The molecular formula is C15H13N3OS. The predicted octanol–water partition coefficient (Wildman–Crippen LogP) is 3.28. The van der Waals surface area contributed by atoms with Crippen LogP contribution in [0.2, 0.25) is 0 Å². The van der Waals surface area contributed by atoms with Crippen LogP contribution in [0.5, 0.6) is 0 Å². The van der Waals surface area contributed by atoms with Crippen LogP contribution >= 0.6 is 11.3 Å². The van der Waals surface area contributed by atoms with Gasteiger partial charge in [0.1, 0.15) is 0 Å². The molecule has 0 saturated heterocycles. The SMILES string of the molecule is Cc1ccc(C(=O)N(C)c2nc3ccccc3s2)cn1. The Morgan fingerprint density at radius 1 is 1.20 bits per heavy atom. The van der Waals surface area contributed by atoms with Crippen LogP contribution < -0.4 is 4.90 Å². The number of para-hydroxylation sites is 1. The molecule has 2 aromatic heterocycles. The van der Waals surface area contributed by atoms with Gasteiger partial charge in [-0.1, -0.05) is 23.5 Å². The molecule has 2 heterocycles. The molecular weight excluding hydrogens is 270 g/mol. The number of pyridine rings is 1. The lowest BCUT2D eigenvalue weighted by molar-refractivity contribution is 0.0992. The molecule has 0 aliphatic rings. The molecule has 0 atom stereocenters. The number of aryl methyl sites for hydroxylation is 1. The van der Waals surface area contributed by atoms with Crippen LogP contribution in [0.4, 0.5) is 5.13 Å². The van der Waals surface area contributed by atoms with Crippen LogP contribution in [0.15, 0.2) is 42.6 Å². The van der Waals surface area contributed by atoms with Gasteiger partial charge in [-0.05, 0) is 31.2 Å². The van der Waals surface area contributed by atoms with E-state index in [9.17, 15) is 4.79 Å². The van der Waals surface area contributed by atoms with E-state index < -0.39 is 0 Å². The van der Waals surface area contributed by atoms with Gasteiger partial charge in [0, 0.05) is 18.9 Å². The average Bonchev–Trinajstić information content (AvgIpc) is 2.90. The maximum absolute atomic E-state index is 12.4. The van der Waals surface area contributed by atoms with Gasteiger partial charge in [-0.15, -0.1) is 0 Å². The molecule has 3 rings (SSSR count). The summed E-state index contributed by atoms with van der Waals surface area (Å²) in [5.41, 5.74) is 2.37. The molecule has 0 aliphatic carbocycles. The van der Waals surface area contributed by atoms with E-state index in [1.54, 1.807) is 24.2 Å². The van der Waals surface area contributed by atoms with Gasteiger partial charge >= 0.3 is 0 Å². The Balaban J connectivity index is 1.93. The third kappa shape index (κ3) is 2.28. The van der Waals surface area contributed by atoms with Crippen LogP contribution in [-0.4, -0.2) is 22.9 Å². The first-order valence-corrected chi connectivity index (χ1v) is 7.03. The standard InChI is InChI=1S/C15H13N3OS/c1-10-7-8-11(9-16-10)14(19)18(2)15-17-12-5-3-4-6-13(12)20-15/h3-9H,1-2H3. The van der Waals surface area contributed by atoms with Crippen LogP contribution in [-0.2, 0) is 0 Å². The lowest BCUT2D eigenvalue weighted by Gasteiger charge is -2.13. The summed E-state index contributed by atoms with van der Waals surface area (Å²) < 4.78 is 1.07. The molecule has 20 heavy (non-hydrogen) atoms. The zero-order valence-electron chi connectivity index (χ0n) is 11.2. The minimum atomic E-state index is -0.100. The highest BCUT2D eigenvalue weighted by Gasteiger charge is 2.17. The molecule has 5 heteroatoms. The molecule has 3 aromatic rings. The number of hydrogen-bond acceptors (Lipinski definition) is 4. The quantitative estimate of drug-likeness (QED) is 0.725. The Morgan fingerprint density at radius 2 is 2.00 bits per heavy atom. The molecule has 0 bridgehead atoms. The van der Waals surface area contributed by atoms with Gasteiger partial charge < -0.3 is 0 Å². The first-order chi connectivity index (χ1) is 9.65. The van der Waals surface area contributed by atoms with Crippen molar-refractivity contribution in [2.75, 3.05) is 11.9 Å². The Kier molecular flexibility index (Phi) is 3.20. The number of benzene rings is 1. The fourth-order valence-electron chi connectivity index (χ4n) is 1.88. The Morgan fingerprint density at radius 3 is 2.70 bits per heavy atom. The molecule has 0 radical (unpaired) electrons. The Bertz CT molecular complexity index is 731. The van der Waals surface area contributed by atoms with E-state index in [4.69, 9.17) is 0 Å². The van der Waals surface area contributed by atoms with E-state index in [-0.39, 0.29) is 5.91 Å². The number of amides is 1. The number of hydrogen-bond donors (Lipinski definition) is 0. The summed E-state index contributed by atoms with van der Waals surface area (Å²) in [6, 6.07) is 11.5. The molecule has 100 valence electrons. The van der Waals surface area contributed by atoms with Crippen molar-refractivity contribution in [3.8, 4) is 0 Å². The smallest absolute Gasteiger partial charge is 0.261 e. The lowest BCUT2D eigenvalue weighted by atomic mass is 10.2. The maximum atomic E-state index is 12.4. The second-order valence-corrected chi connectivity index (χ2v) is 5.53. The van der Waals surface area contributed by atoms with Crippen molar-refractivity contribution in [1.29, 1.82) is 0 Å². The Hall–Kier alpha value is -2.27. The third-order valence-electron chi connectivity index (χ3n) is 3.03. The van der Waals surface area contributed by atoms with Gasteiger partial charge in [0.15, 0.2) is 5.13 Å². The summed E-state index contributed by atoms with van der Waals surface area (Å²) in [6.45, 7) is 1.89. The first-order valence-electron chi connectivity index (χ1n) is 6.21. The monoisotopic (exact) mass is 283 g/mol.